The monoisotopic (exact) mass is 241 g/mol. The summed E-state index contributed by atoms with van der Waals surface area (Å²) in [6.07, 6.45) is 0. The van der Waals surface area contributed by atoms with Gasteiger partial charge in [-0.3, -0.25) is 4.68 Å². The highest BCUT2D eigenvalue weighted by molar-refractivity contribution is 5.56. The fourth-order valence-corrected chi connectivity index (χ4v) is 1.87. The number of rotatable bonds is 3. The van der Waals surface area contributed by atoms with Crippen molar-refractivity contribution in [3.63, 3.8) is 0 Å². The first-order valence-corrected chi connectivity index (χ1v) is 5.64. The van der Waals surface area contributed by atoms with Crippen molar-refractivity contribution in [2.75, 3.05) is 11.1 Å². The second-order valence-electron chi connectivity index (χ2n) is 4.10. The van der Waals surface area contributed by atoms with Crippen molar-refractivity contribution in [3.05, 3.63) is 41.1 Å². The van der Waals surface area contributed by atoms with Crippen LogP contribution in [0.1, 0.15) is 16.8 Å². The first-order chi connectivity index (χ1) is 8.63. The molecule has 2 aromatic rings. The fourth-order valence-electron chi connectivity index (χ4n) is 1.87. The van der Waals surface area contributed by atoms with Crippen molar-refractivity contribution in [1.29, 1.82) is 5.26 Å². The zero-order valence-corrected chi connectivity index (χ0v) is 10.4. The summed E-state index contributed by atoms with van der Waals surface area (Å²) in [5, 5.41) is 16.5. The molecule has 0 spiro atoms. The lowest BCUT2D eigenvalue weighted by atomic mass is 10.2. The van der Waals surface area contributed by atoms with Crippen LogP contribution in [0.2, 0.25) is 0 Å². The molecule has 0 saturated carbocycles. The smallest absolute Gasteiger partial charge is 0.142 e. The molecule has 5 heteroatoms. The van der Waals surface area contributed by atoms with Gasteiger partial charge in [-0.2, -0.15) is 10.4 Å². The maximum absolute atomic E-state index is 9.10. The Hall–Kier alpha value is -2.48. The number of aromatic nitrogens is 2. The summed E-state index contributed by atoms with van der Waals surface area (Å²) in [4.78, 5) is 0. The van der Waals surface area contributed by atoms with Gasteiger partial charge in [-0.15, -0.1) is 0 Å². The van der Waals surface area contributed by atoms with Gasteiger partial charge in [0, 0.05) is 19.3 Å². The largest absolute Gasteiger partial charge is 0.398 e. The van der Waals surface area contributed by atoms with Crippen LogP contribution in [0.3, 0.4) is 0 Å². The van der Waals surface area contributed by atoms with Gasteiger partial charge in [0.25, 0.3) is 0 Å². The summed E-state index contributed by atoms with van der Waals surface area (Å²) in [5.41, 5.74) is 8.91. The number of nitriles is 1. The van der Waals surface area contributed by atoms with Crippen LogP contribution in [0.4, 0.5) is 11.5 Å². The maximum Gasteiger partial charge on any atom is 0.142 e. The van der Waals surface area contributed by atoms with Gasteiger partial charge in [-0.25, -0.2) is 0 Å². The van der Waals surface area contributed by atoms with Gasteiger partial charge in [0.05, 0.1) is 5.69 Å². The minimum Gasteiger partial charge on any atom is -0.398 e. The number of nitrogen functional groups attached to an aromatic ring is 1. The van der Waals surface area contributed by atoms with Crippen LogP contribution >= 0.6 is 0 Å². The first-order valence-electron chi connectivity index (χ1n) is 5.64. The number of hydrogen-bond acceptors (Lipinski definition) is 4. The van der Waals surface area contributed by atoms with E-state index in [1.807, 2.05) is 38.2 Å². The predicted molar refractivity (Wildman–Crippen MR) is 70.8 cm³/mol. The Kier molecular flexibility index (Phi) is 3.20. The summed E-state index contributed by atoms with van der Waals surface area (Å²) in [7, 11) is 1.81. The van der Waals surface area contributed by atoms with E-state index in [0.717, 1.165) is 22.8 Å². The van der Waals surface area contributed by atoms with E-state index < -0.39 is 0 Å². The SMILES string of the molecule is Cc1nn(C)c(NCc2ccccc2N)c1C#N. The molecule has 18 heavy (non-hydrogen) atoms. The van der Waals surface area contributed by atoms with Crippen molar-refractivity contribution < 1.29 is 0 Å². The van der Waals surface area contributed by atoms with Crippen LogP contribution < -0.4 is 11.1 Å². The quantitative estimate of drug-likeness (QED) is 0.803. The third kappa shape index (κ3) is 2.13. The molecule has 1 aromatic carbocycles. The minimum atomic E-state index is 0.570. The Morgan fingerprint density at radius 1 is 1.44 bits per heavy atom. The maximum atomic E-state index is 9.10. The Labute approximate surface area is 106 Å². The molecule has 92 valence electrons. The molecule has 0 atom stereocenters. The molecule has 0 bridgehead atoms. The van der Waals surface area contributed by atoms with E-state index in [4.69, 9.17) is 11.0 Å². The lowest BCUT2D eigenvalue weighted by molar-refractivity contribution is 0.758. The third-order valence-electron chi connectivity index (χ3n) is 2.84. The van der Waals surface area contributed by atoms with Crippen LogP contribution in [-0.4, -0.2) is 9.78 Å². The highest BCUT2D eigenvalue weighted by Crippen LogP contribution is 2.19. The number of aryl methyl sites for hydroxylation is 2. The molecule has 1 heterocycles. The molecule has 0 aliphatic rings. The highest BCUT2D eigenvalue weighted by atomic mass is 15.3. The summed E-state index contributed by atoms with van der Waals surface area (Å²) in [6.45, 7) is 2.39. The molecule has 0 radical (unpaired) electrons. The molecule has 0 aliphatic heterocycles. The predicted octanol–water partition coefficient (Wildman–Crippen LogP) is 1.79. The molecule has 2 rings (SSSR count). The zero-order chi connectivity index (χ0) is 13.1. The molecule has 3 N–H and O–H groups in total. The van der Waals surface area contributed by atoms with E-state index in [1.165, 1.54) is 0 Å². The second kappa shape index (κ2) is 4.80. The average molecular weight is 241 g/mol. The Balaban J connectivity index is 2.22. The first kappa shape index (κ1) is 12.0. The van der Waals surface area contributed by atoms with Crippen molar-refractivity contribution in [2.24, 2.45) is 7.05 Å². The van der Waals surface area contributed by atoms with Crippen LogP contribution in [0.5, 0.6) is 0 Å². The number of nitrogens with one attached hydrogen (secondary N) is 1. The second-order valence-corrected chi connectivity index (χ2v) is 4.10. The number of para-hydroxylation sites is 1. The Morgan fingerprint density at radius 2 is 2.17 bits per heavy atom. The van der Waals surface area contributed by atoms with E-state index in [0.29, 0.717) is 12.1 Å². The normalized spacial score (nSPS) is 10.1. The Morgan fingerprint density at radius 3 is 2.83 bits per heavy atom. The topological polar surface area (TPSA) is 79.7 Å². The summed E-state index contributed by atoms with van der Waals surface area (Å²) >= 11 is 0. The van der Waals surface area contributed by atoms with Gasteiger partial charge in [-0.1, -0.05) is 18.2 Å². The lowest BCUT2D eigenvalue weighted by Crippen LogP contribution is -2.07. The summed E-state index contributed by atoms with van der Waals surface area (Å²) in [6, 6.07) is 9.81. The van der Waals surface area contributed by atoms with Gasteiger partial charge < -0.3 is 11.1 Å². The highest BCUT2D eigenvalue weighted by Gasteiger charge is 2.12. The van der Waals surface area contributed by atoms with E-state index in [-0.39, 0.29) is 0 Å². The third-order valence-corrected chi connectivity index (χ3v) is 2.84. The van der Waals surface area contributed by atoms with Gasteiger partial charge in [0.2, 0.25) is 0 Å². The molecule has 0 unspecified atom stereocenters. The summed E-state index contributed by atoms with van der Waals surface area (Å²) in [5.74, 6) is 0.721. The molecular formula is C13H15N5. The van der Waals surface area contributed by atoms with Gasteiger partial charge >= 0.3 is 0 Å². The number of nitrogens with zero attached hydrogens (tertiary/aromatic N) is 3. The summed E-state index contributed by atoms with van der Waals surface area (Å²) < 4.78 is 1.67. The van der Waals surface area contributed by atoms with Crippen LogP contribution in [0, 0.1) is 18.3 Å². The van der Waals surface area contributed by atoms with Crippen molar-refractivity contribution in [1.82, 2.24) is 9.78 Å². The van der Waals surface area contributed by atoms with E-state index in [9.17, 15) is 0 Å². The van der Waals surface area contributed by atoms with Gasteiger partial charge in [-0.05, 0) is 18.6 Å². The van der Waals surface area contributed by atoms with Gasteiger partial charge in [0.1, 0.15) is 17.5 Å². The fraction of sp³-hybridized carbons (Fsp3) is 0.231. The Bertz CT molecular complexity index is 606. The van der Waals surface area contributed by atoms with E-state index in [1.54, 1.807) is 4.68 Å². The van der Waals surface area contributed by atoms with Crippen LogP contribution in [-0.2, 0) is 13.6 Å². The average Bonchev–Trinajstić information content (AvgIpc) is 2.62. The molecule has 0 saturated heterocycles. The van der Waals surface area contributed by atoms with Crippen molar-refractivity contribution >= 4 is 11.5 Å². The number of benzene rings is 1. The number of hydrogen-bond donors (Lipinski definition) is 2. The van der Waals surface area contributed by atoms with Crippen LogP contribution in [0.25, 0.3) is 0 Å². The molecule has 0 fully saturated rings. The molecule has 0 aliphatic carbocycles. The molecular weight excluding hydrogens is 226 g/mol. The van der Waals surface area contributed by atoms with E-state index >= 15 is 0 Å². The molecule has 5 nitrogen and oxygen atoms in total. The molecule has 1 aromatic heterocycles. The van der Waals surface area contributed by atoms with Crippen molar-refractivity contribution in [2.45, 2.75) is 13.5 Å². The van der Waals surface area contributed by atoms with Gasteiger partial charge in [0.15, 0.2) is 0 Å². The molecule has 0 amide bonds. The van der Waals surface area contributed by atoms with Crippen LogP contribution in [0.15, 0.2) is 24.3 Å². The standard InChI is InChI=1S/C13H15N5/c1-9-11(7-14)13(18(2)17-9)16-8-10-5-3-4-6-12(10)15/h3-6,16H,8,15H2,1-2H3. The number of nitrogens with two attached hydrogens (primary N) is 1. The number of anilines is 2. The van der Waals surface area contributed by atoms with Crippen molar-refractivity contribution in [3.8, 4) is 6.07 Å². The zero-order valence-electron chi connectivity index (χ0n) is 10.4. The lowest BCUT2D eigenvalue weighted by Gasteiger charge is -2.09. The van der Waals surface area contributed by atoms with E-state index in [2.05, 4.69) is 16.5 Å². The minimum absolute atomic E-state index is 0.570.